The fourth-order valence-electron chi connectivity index (χ4n) is 2.83. The van der Waals surface area contributed by atoms with Crippen molar-refractivity contribution in [1.29, 1.82) is 0 Å². The Morgan fingerprint density at radius 2 is 1.69 bits per heavy atom. The summed E-state index contributed by atoms with van der Waals surface area (Å²) in [5, 5.41) is 3.69. The molecule has 0 aliphatic rings. The predicted molar refractivity (Wildman–Crippen MR) is 114 cm³/mol. The van der Waals surface area contributed by atoms with E-state index in [4.69, 9.17) is 16.3 Å². The first-order valence-electron chi connectivity index (χ1n) is 9.37. The number of halogens is 1. The third-order valence-electron chi connectivity index (χ3n) is 4.20. The van der Waals surface area contributed by atoms with E-state index in [1.807, 2.05) is 50.2 Å². The van der Waals surface area contributed by atoms with Gasteiger partial charge in [-0.05, 0) is 62.7 Å². The van der Waals surface area contributed by atoms with Crippen LogP contribution in [0.4, 0.5) is 11.6 Å². The number of benzene rings is 2. The normalized spacial score (nSPS) is 10.9. The molecule has 0 bridgehead atoms. The number of hydrogen-bond donors (Lipinski definition) is 1. The molecular formula is C21H23ClN4O3. The van der Waals surface area contributed by atoms with E-state index in [1.54, 1.807) is 19.1 Å². The maximum Gasteiger partial charge on any atom is 0.354 e. The van der Waals surface area contributed by atoms with Gasteiger partial charge in [-0.1, -0.05) is 23.7 Å². The molecule has 0 fully saturated rings. The molecule has 0 aliphatic carbocycles. The molecule has 3 rings (SSSR count). The number of aromatic nitrogens is 3. The fraction of sp³-hybridized carbons (Fsp3) is 0.286. The molecule has 1 heterocycles. The molecule has 0 amide bonds. The molecule has 0 atom stereocenters. The van der Waals surface area contributed by atoms with Crippen LogP contribution in [-0.4, -0.2) is 20.2 Å². The summed E-state index contributed by atoms with van der Waals surface area (Å²) in [6.07, 6.45) is 0.0710. The van der Waals surface area contributed by atoms with Crippen molar-refractivity contribution in [2.24, 2.45) is 0 Å². The average molecular weight is 415 g/mol. The number of rotatable bonds is 7. The number of anilines is 2. The van der Waals surface area contributed by atoms with Crippen molar-refractivity contribution in [3.63, 3.8) is 0 Å². The molecule has 2 aromatic carbocycles. The lowest BCUT2D eigenvalue weighted by Gasteiger charge is -2.16. The van der Waals surface area contributed by atoms with Crippen molar-refractivity contribution in [2.75, 3.05) is 5.32 Å². The highest BCUT2D eigenvalue weighted by Crippen LogP contribution is 2.20. The van der Waals surface area contributed by atoms with Gasteiger partial charge < -0.3 is 10.1 Å². The highest BCUT2D eigenvalue weighted by atomic mass is 35.5. The summed E-state index contributed by atoms with van der Waals surface area (Å²) in [6.45, 7) is 6.13. The Kier molecular flexibility index (Phi) is 6.39. The first kappa shape index (κ1) is 20.7. The van der Waals surface area contributed by atoms with E-state index in [1.165, 1.54) is 4.57 Å². The lowest BCUT2D eigenvalue weighted by molar-refractivity contribution is 0.242. The van der Waals surface area contributed by atoms with Gasteiger partial charge in [0.1, 0.15) is 5.75 Å². The first-order chi connectivity index (χ1) is 13.9. The molecule has 1 N–H and O–H groups in total. The summed E-state index contributed by atoms with van der Waals surface area (Å²) in [5.74, 6) is 0.913. The Bertz CT molecular complexity index is 1090. The van der Waals surface area contributed by atoms with Crippen molar-refractivity contribution in [1.82, 2.24) is 14.1 Å². The highest BCUT2D eigenvalue weighted by molar-refractivity contribution is 6.30. The molecule has 152 valence electrons. The summed E-state index contributed by atoms with van der Waals surface area (Å²) in [7, 11) is 0. The molecule has 0 spiro atoms. The minimum Gasteiger partial charge on any atom is -0.491 e. The fourth-order valence-corrected chi connectivity index (χ4v) is 2.95. The number of ether oxygens (including phenoxy) is 1. The molecule has 0 unspecified atom stereocenters. The van der Waals surface area contributed by atoms with Gasteiger partial charge in [-0.15, -0.1) is 0 Å². The summed E-state index contributed by atoms with van der Waals surface area (Å²) < 4.78 is 8.17. The zero-order valence-electron chi connectivity index (χ0n) is 16.6. The Labute approximate surface area is 173 Å². The molecule has 7 nitrogen and oxygen atoms in total. The van der Waals surface area contributed by atoms with E-state index in [0.717, 1.165) is 15.9 Å². The van der Waals surface area contributed by atoms with Crippen molar-refractivity contribution in [3.8, 4) is 5.75 Å². The Balaban J connectivity index is 1.97. The molecule has 8 heteroatoms. The highest BCUT2D eigenvalue weighted by Gasteiger charge is 2.13. The summed E-state index contributed by atoms with van der Waals surface area (Å²) in [4.78, 5) is 29.2. The minimum absolute atomic E-state index is 0.0710. The monoisotopic (exact) mass is 414 g/mol. The van der Waals surface area contributed by atoms with E-state index >= 15 is 0 Å². The smallest absolute Gasteiger partial charge is 0.354 e. The zero-order chi connectivity index (χ0) is 21.0. The van der Waals surface area contributed by atoms with Crippen LogP contribution < -0.4 is 21.4 Å². The standard InChI is InChI=1S/C21H23ClN4O3/c1-4-25-20(27)24-19(23-17-9-11-18(12-10-17)29-14(2)3)26(21(25)28)13-15-5-7-16(22)8-6-15/h5-12,14H,4,13H2,1-3H3,(H,23,24,27). The molecule has 29 heavy (non-hydrogen) atoms. The average Bonchev–Trinajstić information content (AvgIpc) is 2.68. The van der Waals surface area contributed by atoms with E-state index in [-0.39, 0.29) is 25.1 Å². The van der Waals surface area contributed by atoms with Gasteiger partial charge in [0.05, 0.1) is 12.6 Å². The lowest BCUT2D eigenvalue weighted by atomic mass is 10.2. The predicted octanol–water partition coefficient (Wildman–Crippen LogP) is 3.66. The molecular weight excluding hydrogens is 392 g/mol. The van der Waals surface area contributed by atoms with Crippen LogP contribution in [0.25, 0.3) is 0 Å². The maximum absolute atomic E-state index is 12.9. The second-order valence-corrected chi connectivity index (χ2v) is 7.21. The Morgan fingerprint density at radius 3 is 2.28 bits per heavy atom. The zero-order valence-corrected chi connectivity index (χ0v) is 17.3. The van der Waals surface area contributed by atoms with Gasteiger partial charge in [-0.2, -0.15) is 4.98 Å². The molecule has 1 aromatic heterocycles. The van der Waals surface area contributed by atoms with Gasteiger partial charge in [0.25, 0.3) is 0 Å². The van der Waals surface area contributed by atoms with Crippen LogP contribution in [0.15, 0.2) is 58.1 Å². The molecule has 0 saturated heterocycles. The second-order valence-electron chi connectivity index (χ2n) is 6.77. The van der Waals surface area contributed by atoms with Crippen molar-refractivity contribution < 1.29 is 4.74 Å². The van der Waals surface area contributed by atoms with Crippen LogP contribution in [-0.2, 0) is 13.1 Å². The van der Waals surface area contributed by atoms with E-state index in [2.05, 4.69) is 10.3 Å². The topological polar surface area (TPSA) is 78.2 Å². The Hall–Kier alpha value is -3.06. The van der Waals surface area contributed by atoms with E-state index < -0.39 is 11.4 Å². The summed E-state index contributed by atoms with van der Waals surface area (Å²) in [6, 6.07) is 14.4. The minimum atomic E-state index is -0.591. The van der Waals surface area contributed by atoms with E-state index in [0.29, 0.717) is 10.7 Å². The first-order valence-corrected chi connectivity index (χ1v) is 9.75. The van der Waals surface area contributed by atoms with Crippen LogP contribution in [0.1, 0.15) is 26.3 Å². The van der Waals surface area contributed by atoms with Crippen LogP contribution in [0.3, 0.4) is 0 Å². The molecule has 0 aliphatic heterocycles. The van der Waals surface area contributed by atoms with Gasteiger partial charge in [-0.3, -0.25) is 4.57 Å². The Morgan fingerprint density at radius 1 is 1.03 bits per heavy atom. The lowest BCUT2D eigenvalue weighted by Crippen LogP contribution is -2.42. The van der Waals surface area contributed by atoms with Crippen molar-refractivity contribution in [3.05, 3.63) is 80.1 Å². The van der Waals surface area contributed by atoms with Crippen molar-refractivity contribution >= 4 is 23.2 Å². The number of nitrogens with zero attached hydrogens (tertiary/aromatic N) is 3. The van der Waals surface area contributed by atoms with Gasteiger partial charge in [0, 0.05) is 17.3 Å². The van der Waals surface area contributed by atoms with Crippen LogP contribution >= 0.6 is 11.6 Å². The van der Waals surface area contributed by atoms with Crippen LogP contribution in [0.2, 0.25) is 5.02 Å². The largest absolute Gasteiger partial charge is 0.491 e. The van der Waals surface area contributed by atoms with E-state index in [9.17, 15) is 9.59 Å². The quantitative estimate of drug-likeness (QED) is 0.638. The van der Waals surface area contributed by atoms with Gasteiger partial charge in [0.15, 0.2) is 0 Å². The third kappa shape index (κ3) is 5.06. The SMILES string of the molecule is CCn1c(=O)nc(Nc2ccc(OC(C)C)cc2)n(Cc2ccc(Cl)cc2)c1=O. The van der Waals surface area contributed by atoms with Crippen molar-refractivity contribution in [2.45, 2.75) is 40.0 Å². The summed E-state index contributed by atoms with van der Waals surface area (Å²) in [5.41, 5.74) is 0.534. The third-order valence-corrected chi connectivity index (χ3v) is 4.45. The van der Waals surface area contributed by atoms with Gasteiger partial charge in [-0.25, -0.2) is 14.2 Å². The van der Waals surface area contributed by atoms with Crippen LogP contribution in [0.5, 0.6) is 5.75 Å². The number of hydrogen-bond acceptors (Lipinski definition) is 5. The van der Waals surface area contributed by atoms with Gasteiger partial charge in [0.2, 0.25) is 5.95 Å². The molecule has 0 saturated carbocycles. The number of nitrogens with one attached hydrogen (secondary N) is 1. The molecule has 3 aromatic rings. The second kappa shape index (κ2) is 8.96. The summed E-state index contributed by atoms with van der Waals surface area (Å²) >= 11 is 5.95. The van der Waals surface area contributed by atoms with Gasteiger partial charge >= 0.3 is 11.4 Å². The maximum atomic E-state index is 12.9. The molecule has 0 radical (unpaired) electrons. The van der Waals surface area contributed by atoms with Crippen LogP contribution in [0, 0.1) is 0 Å².